The standard InChI is InChI=1S/C14H10Cl3N3S/c1-7-2-3-8(4-9(7)15)6-18-12-10(16)5-11(17)13-14(12)20-21-19-13/h2-5,18H,6H2,1H3. The average molecular weight is 359 g/mol. The van der Waals surface area contributed by atoms with Gasteiger partial charge < -0.3 is 5.32 Å². The molecule has 0 bridgehead atoms. The van der Waals surface area contributed by atoms with Crippen molar-refractivity contribution in [1.29, 1.82) is 0 Å². The normalized spacial score (nSPS) is 12.2. The summed E-state index contributed by atoms with van der Waals surface area (Å²) in [7, 11) is 0. The lowest BCUT2D eigenvalue weighted by molar-refractivity contribution is 1.14. The number of anilines is 1. The summed E-state index contributed by atoms with van der Waals surface area (Å²) in [4.78, 5) is 0. The summed E-state index contributed by atoms with van der Waals surface area (Å²) >= 11 is 19.6. The highest BCUT2D eigenvalue weighted by Gasteiger charge is 2.18. The minimum atomic E-state index is 0.507. The summed E-state index contributed by atoms with van der Waals surface area (Å²) in [6.07, 6.45) is 0. The fraction of sp³-hybridized carbons (Fsp3) is 0.143. The van der Waals surface area contributed by atoms with Crippen molar-refractivity contribution in [2.45, 2.75) is 13.5 Å². The summed E-state index contributed by atoms with van der Waals surface area (Å²) in [5.74, 6) is 0. The third-order valence-electron chi connectivity index (χ3n) is 3.15. The quantitative estimate of drug-likeness (QED) is 0.586. The van der Waals surface area contributed by atoms with E-state index >= 15 is 0 Å². The number of hydrogen-bond acceptors (Lipinski definition) is 3. The van der Waals surface area contributed by atoms with E-state index in [-0.39, 0.29) is 0 Å². The van der Waals surface area contributed by atoms with E-state index in [2.05, 4.69) is 14.0 Å². The van der Waals surface area contributed by atoms with Crippen molar-refractivity contribution in [3.05, 3.63) is 50.5 Å². The molecule has 0 radical (unpaired) electrons. The Hall–Kier alpha value is -1.07. The molecule has 0 unspecified atom stereocenters. The van der Waals surface area contributed by atoms with Crippen LogP contribution >= 0.6 is 34.8 Å². The molecule has 3 rings (SSSR count). The van der Waals surface area contributed by atoms with Crippen molar-refractivity contribution >= 4 is 63.2 Å². The molecule has 2 aromatic carbocycles. The first-order chi connectivity index (χ1) is 10.1. The number of benzene rings is 2. The van der Waals surface area contributed by atoms with E-state index in [9.17, 15) is 0 Å². The molecule has 0 fully saturated rings. The van der Waals surface area contributed by atoms with Crippen molar-refractivity contribution in [3.63, 3.8) is 0 Å². The molecule has 3 nitrogen and oxygen atoms in total. The summed E-state index contributed by atoms with van der Waals surface area (Å²) in [6.45, 7) is 2.56. The molecule has 7 heteroatoms. The molecular weight excluding hydrogens is 349 g/mol. The molecule has 0 aliphatic carbocycles. The van der Waals surface area contributed by atoms with Crippen molar-refractivity contribution in [3.8, 4) is 0 Å². The van der Waals surface area contributed by atoms with Crippen molar-refractivity contribution in [2.75, 3.05) is 5.32 Å². The SMILES string of the molecule is Cc1ccc(CNc2c(Cl)cc(Cl)c3c2N=S=N3)cc1Cl. The summed E-state index contributed by atoms with van der Waals surface area (Å²) in [5.41, 5.74) is 4.21. The second-order valence-corrected chi connectivity index (χ2v) is 6.36. The van der Waals surface area contributed by atoms with E-state index in [1.807, 2.05) is 25.1 Å². The van der Waals surface area contributed by atoms with E-state index in [1.54, 1.807) is 6.07 Å². The Balaban J connectivity index is 1.88. The van der Waals surface area contributed by atoms with Crippen LogP contribution in [0.2, 0.25) is 15.1 Å². The number of halogens is 3. The van der Waals surface area contributed by atoms with Gasteiger partial charge >= 0.3 is 0 Å². The highest BCUT2D eigenvalue weighted by atomic mass is 35.5. The Labute approximate surface area is 141 Å². The van der Waals surface area contributed by atoms with Gasteiger partial charge in [-0.25, -0.2) is 0 Å². The van der Waals surface area contributed by atoms with Gasteiger partial charge in [0.25, 0.3) is 0 Å². The highest BCUT2D eigenvalue weighted by Crippen LogP contribution is 2.47. The van der Waals surface area contributed by atoms with E-state index in [0.717, 1.165) is 33.2 Å². The topological polar surface area (TPSA) is 36.8 Å². The average Bonchev–Trinajstić information content (AvgIpc) is 2.92. The predicted molar refractivity (Wildman–Crippen MR) is 91.5 cm³/mol. The van der Waals surface area contributed by atoms with Crippen LogP contribution in [-0.4, -0.2) is 0 Å². The van der Waals surface area contributed by atoms with Crippen LogP contribution in [0.15, 0.2) is 33.0 Å². The van der Waals surface area contributed by atoms with Crippen LogP contribution < -0.4 is 5.32 Å². The van der Waals surface area contributed by atoms with Crippen LogP contribution in [0.3, 0.4) is 0 Å². The minimum absolute atomic E-state index is 0.507. The molecule has 0 atom stereocenters. The van der Waals surface area contributed by atoms with Crippen LogP contribution in [0.5, 0.6) is 0 Å². The molecule has 2 aromatic rings. The van der Waals surface area contributed by atoms with Crippen LogP contribution in [0.25, 0.3) is 0 Å². The summed E-state index contributed by atoms with van der Waals surface area (Å²) in [5, 5.41) is 5.07. The molecular formula is C14H10Cl3N3S. The van der Waals surface area contributed by atoms with Gasteiger partial charge in [-0.15, -0.1) is 0 Å². The Kier molecular flexibility index (Phi) is 4.22. The first-order valence-electron chi connectivity index (χ1n) is 6.15. The van der Waals surface area contributed by atoms with Gasteiger partial charge in [0, 0.05) is 11.6 Å². The van der Waals surface area contributed by atoms with Gasteiger partial charge in [0.1, 0.15) is 11.4 Å². The second kappa shape index (κ2) is 5.97. The molecule has 108 valence electrons. The Morgan fingerprint density at radius 1 is 1.00 bits per heavy atom. The number of nitrogens with zero attached hydrogens (tertiary/aromatic N) is 2. The van der Waals surface area contributed by atoms with Gasteiger partial charge in [-0.2, -0.15) is 8.73 Å². The number of fused-ring (bicyclic) bond motifs is 1. The van der Waals surface area contributed by atoms with Crippen molar-refractivity contribution < 1.29 is 0 Å². The molecule has 1 heterocycles. The molecule has 0 saturated heterocycles. The molecule has 0 aromatic heterocycles. The van der Waals surface area contributed by atoms with Gasteiger partial charge in [-0.1, -0.05) is 46.9 Å². The smallest absolute Gasteiger partial charge is 0.130 e. The highest BCUT2D eigenvalue weighted by molar-refractivity contribution is 7.58. The van der Waals surface area contributed by atoms with Crippen LogP contribution in [0.4, 0.5) is 17.1 Å². The van der Waals surface area contributed by atoms with E-state index < -0.39 is 0 Å². The van der Waals surface area contributed by atoms with Gasteiger partial charge in [0.2, 0.25) is 0 Å². The van der Waals surface area contributed by atoms with Crippen LogP contribution in [0.1, 0.15) is 11.1 Å². The molecule has 0 saturated carbocycles. The largest absolute Gasteiger partial charge is 0.378 e. The summed E-state index contributed by atoms with van der Waals surface area (Å²) < 4.78 is 8.44. The Morgan fingerprint density at radius 3 is 2.52 bits per heavy atom. The lowest BCUT2D eigenvalue weighted by Gasteiger charge is -2.12. The first kappa shape index (κ1) is 14.9. The maximum atomic E-state index is 6.25. The van der Waals surface area contributed by atoms with Crippen molar-refractivity contribution in [1.82, 2.24) is 0 Å². The third-order valence-corrected chi connectivity index (χ3v) is 4.67. The molecule has 1 aliphatic rings. The molecule has 1 N–H and O–H groups in total. The maximum Gasteiger partial charge on any atom is 0.130 e. The zero-order chi connectivity index (χ0) is 15.0. The van der Waals surface area contributed by atoms with Gasteiger partial charge in [-0.05, 0) is 30.2 Å². The zero-order valence-corrected chi connectivity index (χ0v) is 14.0. The molecule has 0 amide bonds. The lowest BCUT2D eigenvalue weighted by atomic mass is 10.1. The van der Waals surface area contributed by atoms with E-state index in [0.29, 0.717) is 28.0 Å². The van der Waals surface area contributed by atoms with Crippen molar-refractivity contribution in [2.24, 2.45) is 8.73 Å². The molecule has 0 spiro atoms. The zero-order valence-electron chi connectivity index (χ0n) is 11.0. The molecule has 21 heavy (non-hydrogen) atoms. The predicted octanol–water partition coefficient (Wildman–Crippen LogP) is 6.29. The first-order valence-corrected chi connectivity index (χ1v) is 8.02. The van der Waals surface area contributed by atoms with E-state index in [1.165, 1.54) is 0 Å². The fourth-order valence-electron chi connectivity index (χ4n) is 1.98. The Bertz CT molecular complexity index is 799. The molecule has 1 aliphatic heterocycles. The van der Waals surface area contributed by atoms with Gasteiger partial charge in [0.05, 0.1) is 27.1 Å². The Morgan fingerprint density at radius 2 is 1.76 bits per heavy atom. The summed E-state index contributed by atoms with van der Waals surface area (Å²) in [6, 6.07) is 7.62. The fourth-order valence-corrected chi connectivity index (χ4v) is 3.36. The van der Waals surface area contributed by atoms with Gasteiger partial charge in [-0.3, -0.25) is 0 Å². The second-order valence-electron chi connectivity index (χ2n) is 4.61. The number of aryl methyl sites for hydroxylation is 1. The monoisotopic (exact) mass is 357 g/mol. The number of nitrogens with one attached hydrogen (secondary N) is 1. The van der Waals surface area contributed by atoms with Crippen LogP contribution in [0, 0.1) is 6.92 Å². The lowest BCUT2D eigenvalue weighted by Crippen LogP contribution is -2.00. The van der Waals surface area contributed by atoms with Gasteiger partial charge in [0.15, 0.2) is 0 Å². The third kappa shape index (κ3) is 2.94. The van der Waals surface area contributed by atoms with Crippen LogP contribution in [-0.2, 0) is 17.9 Å². The number of hydrogen-bond donors (Lipinski definition) is 1. The maximum absolute atomic E-state index is 6.25. The number of rotatable bonds is 3. The minimum Gasteiger partial charge on any atom is -0.378 e. The van der Waals surface area contributed by atoms with E-state index in [4.69, 9.17) is 34.8 Å².